The molecule has 0 radical (unpaired) electrons. The first kappa shape index (κ1) is 16.8. The number of likely N-dealkylation sites (N-methyl/N-ethyl adjacent to an activating group) is 1. The molecule has 2 rings (SSSR count). The zero-order valence-corrected chi connectivity index (χ0v) is 14.2. The number of carbonyl (C=O) groups excluding carboxylic acids is 1. The minimum absolute atomic E-state index is 0.0739. The average molecular weight is 321 g/mol. The Morgan fingerprint density at radius 3 is 2.91 bits per heavy atom. The number of amides is 1. The SMILES string of the molecule is CC(C)Cc1nnc(NC(=O)CN(C)C2CCC(C#N)C2)s1. The van der Waals surface area contributed by atoms with Crippen LogP contribution in [0.1, 0.15) is 38.1 Å². The van der Waals surface area contributed by atoms with Gasteiger partial charge in [0.2, 0.25) is 11.0 Å². The van der Waals surface area contributed by atoms with Crippen molar-refractivity contribution in [2.75, 3.05) is 18.9 Å². The van der Waals surface area contributed by atoms with E-state index in [9.17, 15) is 4.79 Å². The quantitative estimate of drug-likeness (QED) is 0.869. The Balaban J connectivity index is 1.80. The molecule has 1 amide bonds. The van der Waals surface area contributed by atoms with Crippen LogP contribution in [0, 0.1) is 23.2 Å². The first-order valence-corrected chi connectivity index (χ1v) is 8.51. The van der Waals surface area contributed by atoms with Gasteiger partial charge in [0.05, 0.1) is 12.6 Å². The van der Waals surface area contributed by atoms with Gasteiger partial charge in [-0.3, -0.25) is 15.0 Å². The second kappa shape index (κ2) is 7.65. The summed E-state index contributed by atoms with van der Waals surface area (Å²) in [6.07, 6.45) is 3.66. The van der Waals surface area contributed by atoms with E-state index in [0.29, 0.717) is 23.6 Å². The fourth-order valence-corrected chi connectivity index (χ4v) is 3.69. The van der Waals surface area contributed by atoms with Crippen molar-refractivity contribution in [3.8, 4) is 6.07 Å². The molecule has 1 aromatic heterocycles. The van der Waals surface area contributed by atoms with Gasteiger partial charge in [-0.15, -0.1) is 10.2 Å². The van der Waals surface area contributed by atoms with Crippen LogP contribution in [0.15, 0.2) is 0 Å². The summed E-state index contributed by atoms with van der Waals surface area (Å²) >= 11 is 1.44. The van der Waals surface area contributed by atoms with E-state index in [0.717, 1.165) is 30.7 Å². The fourth-order valence-electron chi connectivity index (χ4n) is 2.73. The molecule has 0 saturated heterocycles. The fraction of sp³-hybridized carbons (Fsp3) is 0.733. The monoisotopic (exact) mass is 321 g/mol. The first-order chi connectivity index (χ1) is 10.5. The molecule has 0 spiro atoms. The lowest BCUT2D eigenvalue weighted by Crippen LogP contribution is -2.36. The van der Waals surface area contributed by atoms with Gasteiger partial charge in [-0.05, 0) is 32.2 Å². The minimum atomic E-state index is -0.0739. The highest BCUT2D eigenvalue weighted by Crippen LogP contribution is 2.28. The number of hydrogen-bond acceptors (Lipinski definition) is 6. The van der Waals surface area contributed by atoms with E-state index >= 15 is 0 Å². The summed E-state index contributed by atoms with van der Waals surface area (Å²) in [4.78, 5) is 14.1. The van der Waals surface area contributed by atoms with E-state index < -0.39 is 0 Å². The number of aromatic nitrogens is 2. The Labute approximate surface area is 135 Å². The predicted octanol–water partition coefficient (Wildman–Crippen LogP) is 2.30. The third-order valence-corrected chi connectivity index (χ3v) is 4.76. The van der Waals surface area contributed by atoms with Gasteiger partial charge in [-0.2, -0.15) is 5.26 Å². The molecule has 1 aliphatic rings. The summed E-state index contributed by atoms with van der Waals surface area (Å²) in [7, 11) is 1.94. The lowest BCUT2D eigenvalue weighted by atomic mass is 10.1. The second-order valence-corrected chi connectivity index (χ2v) is 7.42. The summed E-state index contributed by atoms with van der Waals surface area (Å²) < 4.78 is 0. The molecule has 22 heavy (non-hydrogen) atoms. The maximum absolute atomic E-state index is 12.1. The second-order valence-electron chi connectivity index (χ2n) is 6.36. The van der Waals surface area contributed by atoms with E-state index in [1.54, 1.807) is 0 Å². The van der Waals surface area contributed by atoms with Gasteiger partial charge in [-0.1, -0.05) is 25.2 Å². The third kappa shape index (κ3) is 4.75. The Morgan fingerprint density at radius 1 is 1.50 bits per heavy atom. The van der Waals surface area contributed by atoms with Gasteiger partial charge < -0.3 is 0 Å². The standard InChI is InChI=1S/C15H23N5OS/c1-10(2)6-14-18-19-15(22-14)17-13(21)9-20(3)12-5-4-11(7-12)8-16/h10-12H,4-7,9H2,1-3H3,(H,17,19,21). The highest BCUT2D eigenvalue weighted by molar-refractivity contribution is 7.15. The van der Waals surface area contributed by atoms with Gasteiger partial charge in [-0.25, -0.2) is 0 Å². The molecule has 1 aromatic rings. The molecule has 6 nitrogen and oxygen atoms in total. The lowest BCUT2D eigenvalue weighted by Gasteiger charge is -2.22. The van der Waals surface area contributed by atoms with Crippen LogP contribution in [0.2, 0.25) is 0 Å². The highest BCUT2D eigenvalue weighted by Gasteiger charge is 2.28. The maximum atomic E-state index is 12.1. The molecule has 1 N–H and O–H groups in total. The Kier molecular flexibility index (Phi) is 5.86. The Hall–Kier alpha value is -1.52. The molecule has 1 fully saturated rings. The van der Waals surface area contributed by atoms with E-state index in [1.807, 2.05) is 11.9 Å². The van der Waals surface area contributed by atoms with Crippen LogP contribution in [-0.4, -0.2) is 40.6 Å². The molecule has 0 aliphatic heterocycles. The normalized spacial score (nSPS) is 21.3. The van der Waals surface area contributed by atoms with Gasteiger partial charge in [0.1, 0.15) is 5.01 Å². The van der Waals surface area contributed by atoms with Gasteiger partial charge >= 0.3 is 0 Å². The number of carbonyl (C=O) groups is 1. The molecule has 7 heteroatoms. The van der Waals surface area contributed by atoms with Crippen LogP contribution >= 0.6 is 11.3 Å². The van der Waals surface area contributed by atoms with Crippen molar-refractivity contribution >= 4 is 22.4 Å². The van der Waals surface area contributed by atoms with Crippen molar-refractivity contribution in [3.05, 3.63) is 5.01 Å². The van der Waals surface area contributed by atoms with Crippen molar-refractivity contribution in [2.24, 2.45) is 11.8 Å². The predicted molar refractivity (Wildman–Crippen MR) is 86.5 cm³/mol. The van der Waals surface area contributed by atoms with Crippen LogP contribution < -0.4 is 5.32 Å². The lowest BCUT2D eigenvalue weighted by molar-refractivity contribution is -0.117. The summed E-state index contributed by atoms with van der Waals surface area (Å²) in [6.45, 7) is 4.58. The first-order valence-electron chi connectivity index (χ1n) is 7.70. The molecule has 0 aromatic carbocycles. The Morgan fingerprint density at radius 2 is 2.27 bits per heavy atom. The molecular weight excluding hydrogens is 298 g/mol. The largest absolute Gasteiger partial charge is 0.299 e. The van der Waals surface area contributed by atoms with Gasteiger partial charge in [0.25, 0.3) is 0 Å². The van der Waals surface area contributed by atoms with E-state index in [1.165, 1.54) is 11.3 Å². The van der Waals surface area contributed by atoms with Crippen molar-refractivity contribution in [1.29, 1.82) is 5.26 Å². The van der Waals surface area contributed by atoms with E-state index in [2.05, 4.69) is 35.4 Å². The van der Waals surface area contributed by atoms with E-state index in [4.69, 9.17) is 5.26 Å². The maximum Gasteiger partial charge on any atom is 0.240 e. The van der Waals surface area contributed by atoms with Crippen molar-refractivity contribution in [2.45, 2.75) is 45.6 Å². The summed E-state index contributed by atoms with van der Waals surface area (Å²) in [5, 5.41) is 21.4. The van der Waals surface area contributed by atoms with Crippen LogP contribution in [0.5, 0.6) is 0 Å². The summed E-state index contributed by atoms with van der Waals surface area (Å²) in [6, 6.07) is 2.64. The van der Waals surface area contributed by atoms with E-state index in [-0.39, 0.29) is 11.8 Å². The number of nitriles is 1. The molecule has 120 valence electrons. The number of nitrogens with one attached hydrogen (secondary N) is 1. The zero-order chi connectivity index (χ0) is 16.1. The van der Waals surface area contributed by atoms with Gasteiger partial charge in [0, 0.05) is 18.4 Å². The summed E-state index contributed by atoms with van der Waals surface area (Å²) in [5.74, 6) is 0.588. The molecule has 0 bridgehead atoms. The molecular formula is C15H23N5OS. The van der Waals surface area contributed by atoms with Crippen molar-refractivity contribution in [1.82, 2.24) is 15.1 Å². The minimum Gasteiger partial charge on any atom is -0.299 e. The number of anilines is 1. The molecule has 2 atom stereocenters. The average Bonchev–Trinajstić information content (AvgIpc) is 3.07. The van der Waals surface area contributed by atoms with Crippen molar-refractivity contribution in [3.63, 3.8) is 0 Å². The molecule has 1 heterocycles. The smallest absolute Gasteiger partial charge is 0.240 e. The molecule has 1 saturated carbocycles. The highest BCUT2D eigenvalue weighted by atomic mass is 32.1. The molecule has 1 aliphatic carbocycles. The number of hydrogen-bond donors (Lipinski definition) is 1. The van der Waals surface area contributed by atoms with Gasteiger partial charge in [0.15, 0.2) is 0 Å². The third-order valence-electron chi connectivity index (χ3n) is 3.90. The van der Waals surface area contributed by atoms with Crippen LogP contribution in [-0.2, 0) is 11.2 Å². The number of nitrogens with zero attached hydrogens (tertiary/aromatic N) is 4. The topological polar surface area (TPSA) is 81.9 Å². The van der Waals surface area contributed by atoms with Crippen LogP contribution in [0.3, 0.4) is 0 Å². The van der Waals surface area contributed by atoms with Crippen molar-refractivity contribution < 1.29 is 4.79 Å². The number of rotatable bonds is 6. The summed E-state index contributed by atoms with van der Waals surface area (Å²) in [5.41, 5.74) is 0. The van der Waals surface area contributed by atoms with Crippen LogP contribution in [0.25, 0.3) is 0 Å². The van der Waals surface area contributed by atoms with Crippen LogP contribution in [0.4, 0.5) is 5.13 Å². The zero-order valence-electron chi connectivity index (χ0n) is 13.4. The Bertz CT molecular complexity index is 550. The molecule has 2 unspecified atom stereocenters.